The number of benzene rings is 2. The van der Waals surface area contributed by atoms with Crippen LogP contribution in [0.3, 0.4) is 0 Å². The van der Waals surface area contributed by atoms with E-state index in [0.717, 1.165) is 6.07 Å². The lowest BCUT2D eigenvalue weighted by Gasteiger charge is -2.30. The zero-order valence-electron chi connectivity index (χ0n) is 16.8. The highest BCUT2D eigenvalue weighted by atomic mass is 32.2. The van der Waals surface area contributed by atoms with Crippen molar-refractivity contribution in [1.82, 2.24) is 4.72 Å². The van der Waals surface area contributed by atoms with Crippen LogP contribution in [0.5, 0.6) is 0 Å². The summed E-state index contributed by atoms with van der Waals surface area (Å²) in [6.07, 6.45) is 1.03. The normalized spacial score (nSPS) is 14.6. The van der Waals surface area contributed by atoms with Gasteiger partial charge in [0.15, 0.2) is 0 Å². The smallest absolute Gasteiger partial charge is 0.258 e. The fourth-order valence-corrected chi connectivity index (χ4v) is 4.90. The molecule has 0 bridgehead atoms. The number of nitrogens with one attached hydrogen (secondary N) is 1. The van der Waals surface area contributed by atoms with E-state index in [1.165, 1.54) is 23.1 Å². The molecule has 0 atom stereocenters. The van der Waals surface area contributed by atoms with Crippen LogP contribution < -0.4 is 9.62 Å². The molecule has 3 rings (SSSR count). The molecule has 5 nitrogen and oxygen atoms in total. The van der Waals surface area contributed by atoms with Gasteiger partial charge in [-0.2, -0.15) is 0 Å². The van der Waals surface area contributed by atoms with Gasteiger partial charge in [-0.3, -0.25) is 4.79 Å². The van der Waals surface area contributed by atoms with E-state index >= 15 is 0 Å². The number of nitrogens with zero attached hydrogens (tertiary/aromatic N) is 1. The number of fused-ring (bicyclic) bond motifs is 1. The monoisotopic (exact) mass is 422 g/mol. The lowest BCUT2D eigenvalue weighted by molar-refractivity contribution is 0.0983. The molecule has 1 heterocycles. The summed E-state index contributed by atoms with van der Waals surface area (Å²) in [5, 5.41) is 0. The van der Waals surface area contributed by atoms with Gasteiger partial charge in [0.05, 0.1) is 10.6 Å². The number of hydrogen-bond acceptors (Lipinski definition) is 3. The van der Waals surface area contributed by atoms with Gasteiger partial charge in [-0.05, 0) is 69.9 Å². The van der Waals surface area contributed by atoms with Gasteiger partial charge in [-0.1, -0.05) is 6.07 Å². The predicted octanol–water partition coefficient (Wildman–Crippen LogP) is 3.94. The van der Waals surface area contributed by atoms with Gasteiger partial charge in [0, 0.05) is 23.7 Å². The number of rotatable bonds is 3. The maximum atomic E-state index is 14.5. The standard InChI is InChI=1S/C21H24F2N2O3S/c1-13-7-8-16(29(27,28)24-21(2,3)4)12-17(13)20(26)25-9-5-6-14-10-15(22)11-18(23)19(14)25/h7-8,10-12,24H,5-6,9H2,1-4H3. The Bertz CT molecular complexity index is 1080. The molecule has 156 valence electrons. The second-order valence-electron chi connectivity index (χ2n) is 8.29. The molecule has 8 heteroatoms. The summed E-state index contributed by atoms with van der Waals surface area (Å²) >= 11 is 0. The zero-order valence-corrected chi connectivity index (χ0v) is 17.7. The molecule has 1 aliphatic rings. The molecule has 0 aliphatic carbocycles. The summed E-state index contributed by atoms with van der Waals surface area (Å²) in [6, 6.07) is 6.28. The fourth-order valence-electron chi connectivity index (χ4n) is 3.46. The van der Waals surface area contributed by atoms with Crippen molar-refractivity contribution in [2.24, 2.45) is 0 Å². The molecule has 1 N–H and O–H groups in total. The first-order valence-corrected chi connectivity index (χ1v) is 10.8. The van der Waals surface area contributed by atoms with Crippen molar-refractivity contribution in [2.45, 2.75) is 51.0 Å². The van der Waals surface area contributed by atoms with E-state index in [9.17, 15) is 22.0 Å². The highest BCUT2D eigenvalue weighted by Crippen LogP contribution is 2.33. The Kier molecular flexibility index (Phi) is 5.53. The van der Waals surface area contributed by atoms with Gasteiger partial charge >= 0.3 is 0 Å². The van der Waals surface area contributed by atoms with Gasteiger partial charge in [0.2, 0.25) is 10.0 Å². The molecular formula is C21H24F2N2O3S. The van der Waals surface area contributed by atoms with Crippen molar-refractivity contribution in [3.05, 3.63) is 58.7 Å². The fraction of sp³-hybridized carbons (Fsp3) is 0.381. The first-order valence-electron chi connectivity index (χ1n) is 9.33. The number of halogens is 2. The highest BCUT2D eigenvalue weighted by molar-refractivity contribution is 7.89. The van der Waals surface area contributed by atoms with Gasteiger partial charge in [-0.25, -0.2) is 21.9 Å². The van der Waals surface area contributed by atoms with Crippen LogP contribution in [0.25, 0.3) is 0 Å². The summed E-state index contributed by atoms with van der Waals surface area (Å²) in [7, 11) is -3.84. The van der Waals surface area contributed by atoms with Crippen LogP contribution in [0.4, 0.5) is 14.5 Å². The number of hydrogen-bond donors (Lipinski definition) is 1. The lowest BCUT2D eigenvalue weighted by Crippen LogP contribution is -2.40. The first kappa shape index (κ1) is 21.4. The number of sulfonamides is 1. The van der Waals surface area contributed by atoms with Gasteiger partial charge in [0.1, 0.15) is 11.6 Å². The number of amides is 1. The Balaban J connectivity index is 2.04. The minimum absolute atomic E-state index is 0.0433. The molecule has 0 radical (unpaired) electrons. The lowest BCUT2D eigenvalue weighted by atomic mass is 9.99. The molecule has 29 heavy (non-hydrogen) atoms. The van der Waals surface area contributed by atoms with Gasteiger partial charge in [-0.15, -0.1) is 0 Å². The number of carbonyl (C=O) groups is 1. The molecular weight excluding hydrogens is 398 g/mol. The Labute approximate surface area is 169 Å². The topological polar surface area (TPSA) is 66.5 Å². The van der Waals surface area contributed by atoms with Crippen LogP contribution in [-0.4, -0.2) is 26.4 Å². The van der Waals surface area contributed by atoms with Gasteiger partial charge < -0.3 is 4.90 Å². The van der Waals surface area contributed by atoms with Crippen LogP contribution in [0.15, 0.2) is 35.2 Å². The zero-order chi connectivity index (χ0) is 21.6. The largest absolute Gasteiger partial charge is 0.305 e. The first-order chi connectivity index (χ1) is 13.4. The van der Waals surface area contributed by atoms with E-state index in [1.54, 1.807) is 33.8 Å². The maximum absolute atomic E-state index is 14.5. The van der Waals surface area contributed by atoms with Crippen LogP contribution in [-0.2, 0) is 16.4 Å². The Morgan fingerprint density at radius 1 is 1.14 bits per heavy atom. The summed E-state index contributed by atoms with van der Waals surface area (Å²) in [5.41, 5.74) is 0.533. The molecule has 2 aromatic carbocycles. The molecule has 0 saturated heterocycles. The van der Waals surface area contributed by atoms with E-state index < -0.39 is 33.1 Å². The Hall–Kier alpha value is -2.32. The van der Waals surface area contributed by atoms with E-state index in [2.05, 4.69) is 4.72 Å². The minimum atomic E-state index is -3.84. The summed E-state index contributed by atoms with van der Waals surface area (Å²) in [5.74, 6) is -2.00. The average molecular weight is 422 g/mol. The van der Waals surface area contributed by atoms with Gasteiger partial charge in [0.25, 0.3) is 5.91 Å². The number of carbonyl (C=O) groups excluding carboxylic acids is 1. The molecule has 0 spiro atoms. The third-order valence-electron chi connectivity index (χ3n) is 4.64. The molecule has 1 amide bonds. The van der Waals surface area contributed by atoms with E-state index in [4.69, 9.17) is 0 Å². The number of anilines is 1. The quantitative estimate of drug-likeness (QED) is 0.815. The van der Waals surface area contributed by atoms with Crippen LogP contribution in [0.2, 0.25) is 0 Å². The second kappa shape index (κ2) is 7.50. The maximum Gasteiger partial charge on any atom is 0.258 e. The van der Waals surface area contributed by atoms with Crippen LogP contribution in [0.1, 0.15) is 48.7 Å². The summed E-state index contributed by atoms with van der Waals surface area (Å²) in [6.45, 7) is 7.11. The second-order valence-corrected chi connectivity index (χ2v) is 9.97. The predicted molar refractivity (Wildman–Crippen MR) is 108 cm³/mol. The van der Waals surface area contributed by atoms with Crippen molar-refractivity contribution >= 4 is 21.6 Å². The third-order valence-corrected chi connectivity index (χ3v) is 6.40. The molecule has 0 unspecified atom stereocenters. The van der Waals surface area contributed by atoms with Crippen LogP contribution in [0, 0.1) is 18.6 Å². The average Bonchev–Trinajstić information content (AvgIpc) is 2.58. The molecule has 0 aromatic heterocycles. The summed E-state index contributed by atoms with van der Waals surface area (Å²) < 4.78 is 55.9. The minimum Gasteiger partial charge on any atom is -0.305 e. The van der Waals surface area contributed by atoms with E-state index in [1.807, 2.05) is 0 Å². The number of aryl methyl sites for hydroxylation is 2. The van der Waals surface area contributed by atoms with Crippen molar-refractivity contribution in [3.63, 3.8) is 0 Å². The molecule has 1 aliphatic heterocycles. The van der Waals surface area contributed by atoms with Crippen molar-refractivity contribution in [3.8, 4) is 0 Å². The Morgan fingerprint density at radius 2 is 1.83 bits per heavy atom. The summed E-state index contributed by atoms with van der Waals surface area (Å²) in [4.78, 5) is 14.5. The highest BCUT2D eigenvalue weighted by Gasteiger charge is 2.30. The van der Waals surface area contributed by atoms with Crippen molar-refractivity contribution in [1.29, 1.82) is 0 Å². The Morgan fingerprint density at radius 3 is 2.48 bits per heavy atom. The van der Waals surface area contributed by atoms with E-state index in [-0.39, 0.29) is 22.7 Å². The van der Waals surface area contributed by atoms with Crippen molar-refractivity contribution in [2.75, 3.05) is 11.4 Å². The SMILES string of the molecule is Cc1ccc(S(=O)(=O)NC(C)(C)C)cc1C(=O)N1CCCc2cc(F)cc(F)c21. The van der Waals surface area contributed by atoms with E-state index in [0.29, 0.717) is 24.0 Å². The van der Waals surface area contributed by atoms with Crippen molar-refractivity contribution < 1.29 is 22.0 Å². The molecule has 0 fully saturated rings. The van der Waals surface area contributed by atoms with Crippen LogP contribution >= 0.6 is 0 Å². The third kappa shape index (κ3) is 4.48. The molecule has 2 aromatic rings. The molecule has 0 saturated carbocycles.